The predicted octanol–water partition coefficient (Wildman–Crippen LogP) is 2.71. The zero-order valence-electron chi connectivity index (χ0n) is 13.9. The summed E-state index contributed by atoms with van der Waals surface area (Å²) in [7, 11) is 2.50. The number of esters is 2. The summed E-state index contributed by atoms with van der Waals surface area (Å²) in [5.74, 6) is -8.65. The minimum absolute atomic E-state index is 0. The standard InChI is InChI=1S/C15H22O9.4CH4/c1-6-8(15(21)24-14(6)20)5-9(23-4)11(13(18)19)10(12(16)17)7(2)22-3;;;;/h6-11H,5H2,1-4H3,(H,16,17)(H,18,19);4*1H4. The van der Waals surface area contributed by atoms with Crippen molar-refractivity contribution in [1.29, 1.82) is 0 Å². The Hall–Kier alpha value is -2.00. The zero-order chi connectivity index (χ0) is 18.6. The molecule has 0 aromatic carbocycles. The molecule has 1 heterocycles. The van der Waals surface area contributed by atoms with E-state index in [2.05, 4.69) is 4.74 Å². The van der Waals surface area contributed by atoms with E-state index in [1.54, 1.807) is 0 Å². The van der Waals surface area contributed by atoms with Crippen LogP contribution in [0.5, 0.6) is 0 Å². The van der Waals surface area contributed by atoms with Crippen molar-refractivity contribution in [2.45, 2.75) is 62.2 Å². The summed E-state index contributed by atoms with van der Waals surface area (Å²) in [5, 5.41) is 18.9. The third-order valence-corrected chi connectivity index (χ3v) is 4.50. The van der Waals surface area contributed by atoms with Crippen molar-refractivity contribution in [1.82, 2.24) is 0 Å². The summed E-state index contributed by atoms with van der Waals surface area (Å²) >= 11 is 0. The first-order chi connectivity index (χ1) is 11.1. The van der Waals surface area contributed by atoms with Crippen LogP contribution in [-0.2, 0) is 33.4 Å². The van der Waals surface area contributed by atoms with Crippen LogP contribution in [-0.4, -0.2) is 60.5 Å². The number of carbonyl (C=O) groups excluding carboxylic acids is 2. The van der Waals surface area contributed by atoms with Gasteiger partial charge in [-0.2, -0.15) is 0 Å². The molecular weight excluding hydrogens is 372 g/mol. The van der Waals surface area contributed by atoms with Crippen LogP contribution in [0.15, 0.2) is 0 Å². The Labute approximate surface area is 168 Å². The molecule has 1 rings (SSSR count). The van der Waals surface area contributed by atoms with Gasteiger partial charge in [0, 0.05) is 14.2 Å². The van der Waals surface area contributed by atoms with Crippen molar-refractivity contribution < 1.29 is 43.6 Å². The number of carboxylic acid groups (broad SMARTS) is 2. The Kier molecular flexibility index (Phi) is 16.9. The summed E-state index contributed by atoms with van der Waals surface area (Å²) in [5.41, 5.74) is 0. The molecule has 9 heteroatoms. The molecule has 0 aliphatic carbocycles. The van der Waals surface area contributed by atoms with E-state index in [1.165, 1.54) is 28.1 Å². The number of methoxy groups -OCH3 is 2. The Bertz CT molecular complexity index is 518. The van der Waals surface area contributed by atoms with Gasteiger partial charge in [-0.3, -0.25) is 19.2 Å². The second-order valence-electron chi connectivity index (χ2n) is 5.81. The van der Waals surface area contributed by atoms with Gasteiger partial charge in [0.2, 0.25) is 0 Å². The van der Waals surface area contributed by atoms with E-state index < -0.39 is 59.8 Å². The van der Waals surface area contributed by atoms with Gasteiger partial charge in [-0.15, -0.1) is 0 Å². The molecule has 6 atom stereocenters. The molecule has 168 valence electrons. The average molecular weight is 411 g/mol. The number of carbonyl (C=O) groups is 4. The van der Waals surface area contributed by atoms with Crippen LogP contribution in [0.3, 0.4) is 0 Å². The molecule has 0 amide bonds. The van der Waals surface area contributed by atoms with Crippen LogP contribution < -0.4 is 0 Å². The monoisotopic (exact) mass is 410 g/mol. The Morgan fingerprint density at radius 1 is 0.964 bits per heavy atom. The largest absolute Gasteiger partial charge is 0.481 e. The van der Waals surface area contributed by atoms with E-state index in [4.69, 9.17) is 9.47 Å². The van der Waals surface area contributed by atoms with Crippen LogP contribution in [0.2, 0.25) is 0 Å². The molecular formula is C19H38O9. The number of hydrogen-bond donors (Lipinski definition) is 2. The predicted molar refractivity (Wildman–Crippen MR) is 105 cm³/mol. The maximum atomic E-state index is 11.7. The fourth-order valence-corrected chi connectivity index (χ4v) is 2.91. The number of hydrogen-bond acceptors (Lipinski definition) is 7. The molecule has 1 fully saturated rings. The van der Waals surface area contributed by atoms with Gasteiger partial charge in [-0.25, -0.2) is 0 Å². The molecule has 28 heavy (non-hydrogen) atoms. The van der Waals surface area contributed by atoms with Crippen LogP contribution in [0.1, 0.15) is 50.0 Å². The molecule has 0 radical (unpaired) electrons. The van der Waals surface area contributed by atoms with E-state index in [9.17, 15) is 29.4 Å². The number of aliphatic carboxylic acids is 2. The number of rotatable bonds is 9. The summed E-state index contributed by atoms with van der Waals surface area (Å²) < 4.78 is 14.7. The molecule has 0 aromatic heterocycles. The second kappa shape index (κ2) is 14.1. The molecule has 9 nitrogen and oxygen atoms in total. The van der Waals surface area contributed by atoms with E-state index in [0.717, 1.165) is 0 Å². The fraction of sp³-hybridized carbons (Fsp3) is 0.789. The van der Waals surface area contributed by atoms with Crippen molar-refractivity contribution in [3.63, 3.8) is 0 Å². The quantitative estimate of drug-likeness (QED) is 0.434. The highest BCUT2D eigenvalue weighted by molar-refractivity contribution is 5.96. The van der Waals surface area contributed by atoms with Crippen molar-refractivity contribution in [2.75, 3.05) is 14.2 Å². The summed E-state index contributed by atoms with van der Waals surface area (Å²) in [6.45, 7) is 2.93. The first kappa shape index (κ1) is 33.6. The fourth-order valence-electron chi connectivity index (χ4n) is 2.91. The van der Waals surface area contributed by atoms with E-state index >= 15 is 0 Å². The molecule has 0 aromatic rings. The van der Waals surface area contributed by atoms with Gasteiger partial charge in [-0.1, -0.05) is 36.6 Å². The molecule has 2 N–H and O–H groups in total. The minimum atomic E-state index is -1.46. The van der Waals surface area contributed by atoms with E-state index in [0.29, 0.717) is 0 Å². The lowest BCUT2D eigenvalue weighted by atomic mass is 9.79. The topological polar surface area (TPSA) is 136 Å². The summed E-state index contributed by atoms with van der Waals surface area (Å²) in [6.07, 6.45) is -2.14. The van der Waals surface area contributed by atoms with Gasteiger partial charge in [-0.05, 0) is 13.3 Å². The molecule has 0 saturated carbocycles. The lowest BCUT2D eigenvalue weighted by Crippen LogP contribution is -2.46. The molecule has 6 unspecified atom stereocenters. The third-order valence-electron chi connectivity index (χ3n) is 4.50. The number of carboxylic acids is 2. The van der Waals surface area contributed by atoms with Crippen LogP contribution in [0, 0.1) is 23.7 Å². The maximum absolute atomic E-state index is 11.7. The highest BCUT2D eigenvalue weighted by atomic mass is 16.6. The van der Waals surface area contributed by atoms with E-state index in [1.807, 2.05) is 0 Å². The maximum Gasteiger partial charge on any atom is 0.317 e. The SMILES string of the molecule is C.C.C.C.COC(C)C(C(=O)O)C(C(=O)O)C(CC1C(=O)OC(=O)C1C)OC. The first-order valence-corrected chi connectivity index (χ1v) is 7.42. The van der Waals surface area contributed by atoms with Gasteiger partial charge in [0.25, 0.3) is 0 Å². The highest BCUT2D eigenvalue weighted by Crippen LogP contribution is 2.33. The Morgan fingerprint density at radius 2 is 1.43 bits per heavy atom. The summed E-state index contributed by atoms with van der Waals surface area (Å²) in [6, 6.07) is 0. The average Bonchev–Trinajstić information content (AvgIpc) is 2.74. The molecule has 1 aliphatic heterocycles. The van der Waals surface area contributed by atoms with Gasteiger partial charge < -0.3 is 24.4 Å². The molecule has 1 saturated heterocycles. The van der Waals surface area contributed by atoms with Gasteiger partial charge >= 0.3 is 23.9 Å². The lowest BCUT2D eigenvalue weighted by molar-refractivity contribution is -0.167. The van der Waals surface area contributed by atoms with Gasteiger partial charge in [0.1, 0.15) is 0 Å². The molecule has 0 bridgehead atoms. The normalized spacial score (nSPS) is 22.0. The zero-order valence-corrected chi connectivity index (χ0v) is 13.9. The lowest BCUT2D eigenvalue weighted by Gasteiger charge is -2.31. The van der Waals surface area contributed by atoms with Crippen LogP contribution in [0.25, 0.3) is 0 Å². The smallest absolute Gasteiger partial charge is 0.317 e. The third kappa shape index (κ3) is 7.20. The van der Waals surface area contributed by atoms with Crippen molar-refractivity contribution in [2.24, 2.45) is 23.7 Å². The Balaban J connectivity index is -0.000000720. The number of ether oxygens (including phenoxy) is 3. The van der Waals surface area contributed by atoms with E-state index in [-0.39, 0.29) is 36.1 Å². The molecule has 1 aliphatic rings. The first-order valence-electron chi connectivity index (χ1n) is 7.42. The van der Waals surface area contributed by atoms with Crippen molar-refractivity contribution in [3.05, 3.63) is 0 Å². The second-order valence-corrected chi connectivity index (χ2v) is 5.81. The van der Waals surface area contributed by atoms with Gasteiger partial charge in [0.15, 0.2) is 0 Å². The van der Waals surface area contributed by atoms with Crippen molar-refractivity contribution >= 4 is 23.9 Å². The highest BCUT2D eigenvalue weighted by Gasteiger charge is 2.48. The van der Waals surface area contributed by atoms with Crippen molar-refractivity contribution in [3.8, 4) is 0 Å². The van der Waals surface area contributed by atoms with Gasteiger partial charge in [0.05, 0.1) is 35.9 Å². The summed E-state index contributed by atoms with van der Waals surface area (Å²) in [4.78, 5) is 46.4. The van der Waals surface area contributed by atoms with Crippen LogP contribution in [0.4, 0.5) is 0 Å². The molecule has 0 spiro atoms. The van der Waals surface area contributed by atoms with Crippen LogP contribution >= 0.6 is 0 Å². The Morgan fingerprint density at radius 3 is 1.71 bits per heavy atom. The minimum Gasteiger partial charge on any atom is -0.481 e. The number of cyclic esters (lactones) is 2.